The van der Waals surface area contributed by atoms with Crippen LogP contribution in [0, 0.1) is 0 Å². The number of ether oxygens (including phenoxy) is 1. The molecule has 1 saturated heterocycles. The summed E-state index contributed by atoms with van der Waals surface area (Å²) in [5.41, 5.74) is 0.475. The van der Waals surface area contributed by atoms with Gasteiger partial charge < -0.3 is 10.1 Å². The Bertz CT molecular complexity index is 1200. The number of hydrogen-bond acceptors (Lipinski definition) is 7. The van der Waals surface area contributed by atoms with Gasteiger partial charge in [-0.3, -0.25) is 19.8 Å². The van der Waals surface area contributed by atoms with E-state index in [0.29, 0.717) is 29.3 Å². The maximum Gasteiger partial charge on any atom is 0.325 e. The summed E-state index contributed by atoms with van der Waals surface area (Å²) in [6.45, 7) is -0.124. The van der Waals surface area contributed by atoms with Gasteiger partial charge in [-0.05, 0) is 11.6 Å². The first-order chi connectivity index (χ1) is 15.5. The molecular formula is C22H19N5O4S. The molecule has 32 heavy (non-hydrogen) atoms. The van der Waals surface area contributed by atoms with Crippen LogP contribution in [0.3, 0.4) is 0 Å². The minimum atomic E-state index is -1.21. The number of nitrogens with one attached hydrogen (secondary N) is 2. The predicted octanol–water partition coefficient (Wildman–Crippen LogP) is 2.30. The van der Waals surface area contributed by atoms with Gasteiger partial charge in [-0.2, -0.15) is 0 Å². The van der Waals surface area contributed by atoms with E-state index in [0.717, 1.165) is 15.5 Å². The van der Waals surface area contributed by atoms with Crippen LogP contribution in [0.1, 0.15) is 22.6 Å². The third-order valence-electron chi connectivity index (χ3n) is 5.47. The standard InChI is InChI=1S/C22H19N5O4S/c28-17(23-20-26-25-18(32-20)12-14-6-2-1-3-7-14)13-27-19(29)22(24-21(27)30)10-11-31-16-9-5-4-8-15(16)22/h1-9H,10-13H2,(H,24,30)(H,23,26,28)/t22-/m1/s1. The molecule has 1 spiro atoms. The molecule has 0 bridgehead atoms. The second-order valence-electron chi connectivity index (χ2n) is 7.53. The van der Waals surface area contributed by atoms with Crippen LogP contribution in [0.25, 0.3) is 0 Å². The number of carbonyl (C=O) groups is 3. The highest BCUT2D eigenvalue weighted by atomic mass is 32.1. The number of benzene rings is 2. The topological polar surface area (TPSA) is 114 Å². The van der Waals surface area contributed by atoms with Crippen molar-refractivity contribution in [1.29, 1.82) is 0 Å². The summed E-state index contributed by atoms with van der Waals surface area (Å²) < 4.78 is 5.62. The Kier molecular flexibility index (Phi) is 5.06. The van der Waals surface area contributed by atoms with E-state index >= 15 is 0 Å². The van der Waals surface area contributed by atoms with Gasteiger partial charge in [0.05, 0.1) is 6.61 Å². The molecule has 0 aliphatic carbocycles. The van der Waals surface area contributed by atoms with E-state index in [9.17, 15) is 14.4 Å². The Morgan fingerprint density at radius 3 is 2.75 bits per heavy atom. The lowest BCUT2D eigenvalue weighted by atomic mass is 9.84. The summed E-state index contributed by atoms with van der Waals surface area (Å²) in [6.07, 6.45) is 0.900. The number of amides is 4. The van der Waals surface area contributed by atoms with Crippen LogP contribution < -0.4 is 15.4 Å². The molecule has 4 amide bonds. The monoisotopic (exact) mass is 449 g/mol. The summed E-state index contributed by atoms with van der Waals surface area (Å²) in [7, 11) is 0. The smallest absolute Gasteiger partial charge is 0.325 e. The van der Waals surface area contributed by atoms with E-state index in [-0.39, 0.29) is 6.61 Å². The number of anilines is 1. The zero-order chi connectivity index (χ0) is 22.1. The van der Waals surface area contributed by atoms with Gasteiger partial charge in [0.25, 0.3) is 5.91 Å². The van der Waals surface area contributed by atoms with Crippen LogP contribution >= 0.6 is 11.3 Å². The summed E-state index contributed by atoms with van der Waals surface area (Å²) in [5.74, 6) is -0.428. The van der Waals surface area contributed by atoms with Crippen molar-refractivity contribution in [3.8, 4) is 5.75 Å². The summed E-state index contributed by atoms with van der Waals surface area (Å²) in [6, 6.07) is 16.3. The van der Waals surface area contributed by atoms with E-state index < -0.39 is 29.9 Å². The molecular weight excluding hydrogens is 430 g/mol. The molecule has 2 aliphatic heterocycles. The highest BCUT2D eigenvalue weighted by Crippen LogP contribution is 2.40. The number of para-hydroxylation sites is 1. The Morgan fingerprint density at radius 2 is 1.91 bits per heavy atom. The Labute approximate surface area is 187 Å². The van der Waals surface area contributed by atoms with Crippen LogP contribution in [0.2, 0.25) is 0 Å². The van der Waals surface area contributed by atoms with E-state index in [1.165, 1.54) is 11.3 Å². The molecule has 2 aliphatic rings. The van der Waals surface area contributed by atoms with Crippen LogP contribution in [0.15, 0.2) is 54.6 Å². The van der Waals surface area contributed by atoms with Crippen molar-refractivity contribution in [2.75, 3.05) is 18.5 Å². The van der Waals surface area contributed by atoms with Crippen molar-refractivity contribution in [3.05, 3.63) is 70.7 Å². The van der Waals surface area contributed by atoms with Gasteiger partial charge in [0.15, 0.2) is 5.54 Å². The molecule has 0 saturated carbocycles. The Balaban J connectivity index is 1.27. The fraction of sp³-hybridized carbons (Fsp3) is 0.227. The SMILES string of the molecule is O=C(CN1C(=O)N[C@@]2(CCOc3ccccc32)C1=O)Nc1nnc(Cc2ccccc2)s1. The van der Waals surface area contributed by atoms with Crippen LogP contribution in [-0.2, 0) is 21.5 Å². The lowest BCUT2D eigenvalue weighted by molar-refractivity contribution is -0.135. The average molecular weight is 449 g/mol. The molecule has 2 aromatic carbocycles. The summed E-state index contributed by atoms with van der Waals surface area (Å²) in [5, 5.41) is 14.6. The zero-order valence-electron chi connectivity index (χ0n) is 16.9. The lowest BCUT2D eigenvalue weighted by Crippen LogP contribution is -2.48. The fourth-order valence-electron chi connectivity index (χ4n) is 3.96. The van der Waals surface area contributed by atoms with Crippen LogP contribution in [0.4, 0.5) is 9.93 Å². The van der Waals surface area contributed by atoms with Crippen molar-refractivity contribution in [1.82, 2.24) is 20.4 Å². The minimum Gasteiger partial charge on any atom is -0.493 e. The van der Waals surface area contributed by atoms with E-state index in [4.69, 9.17) is 4.74 Å². The van der Waals surface area contributed by atoms with Gasteiger partial charge in [0.1, 0.15) is 17.3 Å². The van der Waals surface area contributed by atoms with Gasteiger partial charge in [0.2, 0.25) is 11.0 Å². The third kappa shape index (κ3) is 3.58. The number of carbonyl (C=O) groups excluding carboxylic acids is 3. The number of fused-ring (bicyclic) bond motifs is 2. The molecule has 1 fully saturated rings. The first-order valence-electron chi connectivity index (χ1n) is 10.1. The van der Waals surface area contributed by atoms with Gasteiger partial charge in [-0.1, -0.05) is 59.9 Å². The molecule has 10 heteroatoms. The Morgan fingerprint density at radius 1 is 1.12 bits per heavy atom. The molecule has 9 nitrogen and oxygen atoms in total. The molecule has 5 rings (SSSR count). The van der Waals surface area contributed by atoms with Crippen molar-refractivity contribution < 1.29 is 19.1 Å². The third-order valence-corrected chi connectivity index (χ3v) is 6.31. The van der Waals surface area contributed by atoms with Crippen molar-refractivity contribution >= 4 is 34.3 Å². The fourth-order valence-corrected chi connectivity index (χ4v) is 4.75. The molecule has 0 unspecified atom stereocenters. The van der Waals surface area contributed by atoms with Crippen molar-refractivity contribution in [2.45, 2.75) is 18.4 Å². The number of hydrogen-bond donors (Lipinski definition) is 2. The largest absolute Gasteiger partial charge is 0.493 e. The maximum atomic E-state index is 13.2. The summed E-state index contributed by atoms with van der Waals surface area (Å²) >= 11 is 1.25. The number of imide groups is 1. The van der Waals surface area contributed by atoms with Crippen molar-refractivity contribution in [3.63, 3.8) is 0 Å². The maximum absolute atomic E-state index is 13.2. The molecule has 3 aromatic rings. The second kappa shape index (κ2) is 8.04. The molecule has 162 valence electrons. The quantitative estimate of drug-likeness (QED) is 0.578. The molecule has 0 radical (unpaired) electrons. The minimum absolute atomic E-state index is 0.290. The molecule has 1 aromatic heterocycles. The van der Waals surface area contributed by atoms with E-state index in [1.54, 1.807) is 24.3 Å². The highest BCUT2D eigenvalue weighted by Gasteiger charge is 2.55. The number of urea groups is 1. The lowest BCUT2D eigenvalue weighted by Gasteiger charge is -2.33. The Hall–Kier alpha value is -3.79. The van der Waals surface area contributed by atoms with Gasteiger partial charge in [-0.15, -0.1) is 10.2 Å². The number of nitrogens with zero attached hydrogens (tertiary/aromatic N) is 3. The van der Waals surface area contributed by atoms with Crippen LogP contribution in [0.5, 0.6) is 5.75 Å². The first kappa shape index (κ1) is 20.1. The van der Waals surface area contributed by atoms with E-state index in [1.807, 2.05) is 30.3 Å². The molecule has 3 heterocycles. The number of aromatic nitrogens is 2. The number of rotatable bonds is 5. The average Bonchev–Trinajstić information content (AvgIpc) is 3.32. The van der Waals surface area contributed by atoms with Crippen LogP contribution in [-0.4, -0.2) is 46.1 Å². The van der Waals surface area contributed by atoms with Gasteiger partial charge >= 0.3 is 6.03 Å². The first-order valence-corrected chi connectivity index (χ1v) is 10.9. The summed E-state index contributed by atoms with van der Waals surface area (Å²) in [4.78, 5) is 39.4. The molecule has 2 N–H and O–H groups in total. The van der Waals surface area contributed by atoms with Gasteiger partial charge in [0, 0.05) is 18.4 Å². The normalized spacial score (nSPS) is 19.4. The molecule has 1 atom stereocenters. The van der Waals surface area contributed by atoms with Gasteiger partial charge in [-0.25, -0.2) is 4.79 Å². The second-order valence-corrected chi connectivity index (χ2v) is 8.59. The van der Waals surface area contributed by atoms with E-state index in [2.05, 4.69) is 20.8 Å². The highest BCUT2D eigenvalue weighted by molar-refractivity contribution is 7.15. The van der Waals surface area contributed by atoms with Crippen molar-refractivity contribution in [2.24, 2.45) is 0 Å². The predicted molar refractivity (Wildman–Crippen MR) is 116 cm³/mol. The zero-order valence-corrected chi connectivity index (χ0v) is 17.7.